The Morgan fingerprint density at radius 3 is 2.85 bits per heavy atom. The van der Waals surface area contributed by atoms with E-state index in [-0.39, 0.29) is 19.0 Å². The third-order valence-electron chi connectivity index (χ3n) is 4.87. The summed E-state index contributed by atoms with van der Waals surface area (Å²) in [4.78, 5) is 11.7. The lowest BCUT2D eigenvalue weighted by Crippen LogP contribution is -2.43. The van der Waals surface area contributed by atoms with E-state index in [1.54, 1.807) is 18.6 Å². The highest BCUT2D eigenvalue weighted by molar-refractivity contribution is 7.89. The molecule has 4 heterocycles. The highest BCUT2D eigenvalue weighted by Gasteiger charge is 2.40. The third-order valence-corrected chi connectivity index (χ3v) is 6.68. The van der Waals surface area contributed by atoms with Crippen LogP contribution in [0.1, 0.15) is 24.5 Å². The van der Waals surface area contributed by atoms with Gasteiger partial charge in [-0.05, 0) is 25.0 Å². The first-order valence-corrected chi connectivity index (χ1v) is 10.1. The zero-order valence-corrected chi connectivity index (χ0v) is 15.0. The standard InChI is InChI=1S/C17H17F3N4O2S/c18-17(19,20)10-27(25,26)24-7-1-2-12(9-24)15-14-11(3-5-21-15)8-23-16-13(14)4-6-22-16/h3-6,8,12,21H,1-2,7,9-10H2. The Morgan fingerprint density at radius 1 is 1.26 bits per heavy atom. The van der Waals surface area contributed by atoms with Crippen LogP contribution in [0.15, 0.2) is 30.7 Å². The van der Waals surface area contributed by atoms with E-state index in [0.29, 0.717) is 18.5 Å². The lowest BCUT2D eigenvalue weighted by atomic mass is 9.92. The number of fused-ring (bicyclic) bond motifs is 3. The minimum Gasteiger partial charge on any atom is -0.364 e. The molecule has 3 aromatic heterocycles. The summed E-state index contributed by atoms with van der Waals surface area (Å²) in [6.07, 6.45) is 1.52. The minimum atomic E-state index is -4.75. The Morgan fingerprint density at radius 2 is 2.07 bits per heavy atom. The molecule has 0 aromatic carbocycles. The molecule has 0 amide bonds. The van der Waals surface area contributed by atoms with Gasteiger partial charge in [0.2, 0.25) is 10.0 Å². The number of hydrogen-bond acceptors (Lipinski definition) is 4. The number of nitrogens with zero attached hydrogens (tertiary/aromatic N) is 3. The number of nitrogens with one attached hydrogen (secondary N) is 1. The Bertz CT molecular complexity index is 1090. The van der Waals surface area contributed by atoms with Crippen molar-refractivity contribution in [1.82, 2.24) is 19.3 Å². The van der Waals surface area contributed by atoms with E-state index in [1.807, 2.05) is 12.1 Å². The van der Waals surface area contributed by atoms with Crippen molar-refractivity contribution in [3.8, 4) is 0 Å². The first kappa shape index (κ1) is 18.2. The first-order valence-electron chi connectivity index (χ1n) is 8.50. The molecule has 27 heavy (non-hydrogen) atoms. The van der Waals surface area contributed by atoms with Crippen molar-refractivity contribution in [2.24, 2.45) is 0 Å². The number of aromatic amines is 1. The fourth-order valence-corrected chi connectivity index (χ4v) is 5.16. The molecule has 4 rings (SSSR count). The van der Waals surface area contributed by atoms with Crippen molar-refractivity contribution in [2.45, 2.75) is 24.9 Å². The second-order valence-electron chi connectivity index (χ2n) is 6.73. The molecule has 3 aromatic rings. The molecule has 0 saturated carbocycles. The molecule has 1 saturated heterocycles. The summed E-state index contributed by atoms with van der Waals surface area (Å²) in [5.41, 5.74) is 1.39. The number of alkyl halides is 3. The van der Waals surface area contributed by atoms with Crippen molar-refractivity contribution < 1.29 is 21.6 Å². The average molecular weight is 398 g/mol. The van der Waals surface area contributed by atoms with Crippen LogP contribution in [0.25, 0.3) is 21.8 Å². The smallest absolute Gasteiger partial charge is 0.364 e. The molecule has 0 aliphatic carbocycles. The van der Waals surface area contributed by atoms with E-state index >= 15 is 0 Å². The van der Waals surface area contributed by atoms with Gasteiger partial charge in [-0.15, -0.1) is 0 Å². The summed E-state index contributed by atoms with van der Waals surface area (Å²) in [6.45, 7) is 0.126. The molecular formula is C17H17F3N4O2S. The minimum absolute atomic E-state index is 0.0198. The molecule has 0 radical (unpaired) electrons. The molecule has 0 spiro atoms. The number of sulfonamides is 1. The zero-order valence-electron chi connectivity index (χ0n) is 14.2. The van der Waals surface area contributed by atoms with Crippen LogP contribution in [0.5, 0.6) is 0 Å². The van der Waals surface area contributed by atoms with E-state index in [2.05, 4.69) is 15.0 Å². The predicted octanol–water partition coefficient (Wildman–Crippen LogP) is 3.18. The monoisotopic (exact) mass is 398 g/mol. The number of H-pyrrole nitrogens is 1. The van der Waals surface area contributed by atoms with Crippen molar-refractivity contribution in [3.05, 3.63) is 36.4 Å². The van der Waals surface area contributed by atoms with E-state index < -0.39 is 22.0 Å². The van der Waals surface area contributed by atoms with Crippen molar-refractivity contribution in [2.75, 3.05) is 18.8 Å². The van der Waals surface area contributed by atoms with E-state index in [0.717, 1.165) is 26.2 Å². The molecule has 1 unspecified atom stereocenters. The van der Waals surface area contributed by atoms with Crippen molar-refractivity contribution in [3.63, 3.8) is 0 Å². The maximum atomic E-state index is 12.6. The number of aromatic nitrogens is 3. The lowest BCUT2D eigenvalue weighted by Gasteiger charge is -2.32. The van der Waals surface area contributed by atoms with Gasteiger partial charge in [0.15, 0.2) is 11.4 Å². The van der Waals surface area contributed by atoms with Crippen LogP contribution in [0.4, 0.5) is 13.2 Å². The Labute approximate surface area is 153 Å². The second kappa shape index (κ2) is 6.45. The zero-order chi connectivity index (χ0) is 19.2. The number of pyridine rings is 2. The fourth-order valence-electron chi connectivity index (χ4n) is 3.75. The SMILES string of the molecule is O=S(=O)(CC(F)(F)F)N1CCCC(c2[nH]ccc3cnc4nccc4c23)C1. The normalized spacial score (nSPS) is 19.7. The molecular weight excluding hydrogens is 381 g/mol. The van der Waals surface area contributed by atoms with E-state index in [1.165, 1.54) is 0 Å². The molecule has 144 valence electrons. The molecule has 1 atom stereocenters. The Balaban J connectivity index is 1.73. The number of piperidine rings is 1. The topological polar surface area (TPSA) is 79.0 Å². The number of hydrogen-bond donors (Lipinski definition) is 1. The molecule has 6 nitrogen and oxygen atoms in total. The summed E-state index contributed by atoms with van der Waals surface area (Å²) in [6, 6.07) is 3.70. The summed E-state index contributed by atoms with van der Waals surface area (Å²) in [7, 11) is -4.40. The van der Waals surface area contributed by atoms with Gasteiger partial charge in [-0.1, -0.05) is 0 Å². The Hall–Kier alpha value is -2.20. The summed E-state index contributed by atoms with van der Waals surface area (Å²) in [5.74, 6) is -2.06. The van der Waals surface area contributed by atoms with Crippen LogP contribution in [-0.4, -0.2) is 52.7 Å². The van der Waals surface area contributed by atoms with Gasteiger partial charge in [-0.25, -0.2) is 22.7 Å². The van der Waals surface area contributed by atoms with Crippen LogP contribution in [0, 0.1) is 0 Å². The maximum absolute atomic E-state index is 12.6. The Kier molecular flexibility index (Phi) is 4.34. The quantitative estimate of drug-likeness (QED) is 0.735. The van der Waals surface area contributed by atoms with Gasteiger partial charge in [0.05, 0.1) is 0 Å². The molecule has 10 heteroatoms. The average Bonchev–Trinajstić information content (AvgIpc) is 3.08. The number of halogens is 3. The van der Waals surface area contributed by atoms with Gasteiger partial charge >= 0.3 is 6.18 Å². The molecule has 1 N–H and O–H groups in total. The summed E-state index contributed by atoms with van der Waals surface area (Å²) in [5, 5.41) is 2.61. The van der Waals surface area contributed by atoms with E-state index in [9.17, 15) is 21.6 Å². The molecule has 0 bridgehead atoms. The van der Waals surface area contributed by atoms with Crippen LogP contribution in [0.3, 0.4) is 0 Å². The number of rotatable bonds is 3. The third kappa shape index (κ3) is 3.51. The predicted molar refractivity (Wildman–Crippen MR) is 94.8 cm³/mol. The van der Waals surface area contributed by atoms with Crippen molar-refractivity contribution in [1.29, 1.82) is 0 Å². The highest BCUT2D eigenvalue weighted by Crippen LogP contribution is 2.35. The van der Waals surface area contributed by atoms with Crippen LogP contribution in [0.2, 0.25) is 0 Å². The van der Waals surface area contributed by atoms with E-state index in [4.69, 9.17) is 0 Å². The van der Waals surface area contributed by atoms with Gasteiger partial charge in [0, 0.05) is 59.5 Å². The van der Waals surface area contributed by atoms with Gasteiger partial charge in [0.25, 0.3) is 0 Å². The van der Waals surface area contributed by atoms with Crippen LogP contribution in [-0.2, 0) is 10.0 Å². The van der Waals surface area contributed by atoms with Gasteiger partial charge in [-0.3, -0.25) is 0 Å². The maximum Gasteiger partial charge on any atom is 0.404 e. The van der Waals surface area contributed by atoms with Gasteiger partial charge < -0.3 is 4.98 Å². The lowest BCUT2D eigenvalue weighted by molar-refractivity contribution is -0.107. The first-order chi connectivity index (χ1) is 12.7. The summed E-state index contributed by atoms with van der Waals surface area (Å²) < 4.78 is 63.3. The van der Waals surface area contributed by atoms with Crippen molar-refractivity contribution >= 4 is 31.8 Å². The molecule has 1 fully saturated rings. The van der Waals surface area contributed by atoms with Crippen LogP contribution < -0.4 is 0 Å². The van der Waals surface area contributed by atoms with Crippen LogP contribution >= 0.6 is 0 Å². The second-order valence-corrected chi connectivity index (χ2v) is 8.70. The molecule has 1 aliphatic heterocycles. The molecule has 1 aliphatic rings. The fraction of sp³-hybridized carbons (Fsp3) is 0.412. The highest BCUT2D eigenvalue weighted by atomic mass is 32.2. The summed E-state index contributed by atoms with van der Waals surface area (Å²) >= 11 is 0. The van der Waals surface area contributed by atoms with Gasteiger partial charge in [0.1, 0.15) is 0 Å². The van der Waals surface area contributed by atoms with Gasteiger partial charge in [-0.2, -0.15) is 13.2 Å². The largest absolute Gasteiger partial charge is 0.404 e.